The van der Waals surface area contributed by atoms with E-state index in [0.717, 1.165) is 36.7 Å². The van der Waals surface area contributed by atoms with Gasteiger partial charge in [-0.15, -0.1) is 11.8 Å². The molecule has 1 aliphatic heterocycles. The van der Waals surface area contributed by atoms with Crippen LogP contribution in [0.15, 0.2) is 47.4 Å². The lowest BCUT2D eigenvalue weighted by molar-refractivity contribution is 0.710. The van der Waals surface area contributed by atoms with E-state index >= 15 is 0 Å². The molecule has 3 rings (SSSR count). The second kappa shape index (κ2) is 6.66. The highest BCUT2D eigenvalue weighted by atomic mass is 35.5. The van der Waals surface area contributed by atoms with Crippen LogP contribution in [0.4, 0.5) is 0 Å². The lowest BCUT2D eigenvalue weighted by Crippen LogP contribution is -2.16. The predicted molar refractivity (Wildman–Crippen MR) is 87.7 cm³/mol. The summed E-state index contributed by atoms with van der Waals surface area (Å²) in [4.78, 5) is 1.30. The molecule has 0 amide bonds. The third-order valence-corrected chi connectivity index (χ3v) is 5.11. The highest BCUT2D eigenvalue weighted by molar-refractivity contribution is 7.98. The molecular formula is C17H18ClNS. The lowest BCUT2D eigenvalue weighted by Gasteiger charge is -2.14. The van der Waals surface area contributed by atoms with Crippen molar-refractivity contribution < 1.29 is 0 Å². The van der Waals surface area contributed by atoms with E-state index in [-0.39, 0.29) is 0 Å². The molecule has 1 N–H and O–H groups in total. The molecular weight excluding hydrogens is 286 g/mol. The van der Waals surface area contributed by atoms with Gasteiger partial charge >= 0.3 is 0 Å². The molecule has 0 bridgehead atoms. The van der Waals surface area contributed by atoms with Gasteiger partial charge in [-0.2, -0.15) is 0 Å². The minimum Gasteiger partial charge on any atom is -0.316 e. The van der Waals surface area contributed by atoms with Crippen molar-refractivity contribution in [1.82, 2.24) is 5.32 Å². The zero-order valence-electron chi connectivity index (χ0n) is 11.4. The van der Waals surface area contributed by atoms with Crippen molar-refractivity contribution in [3.63, 3.8) is 0 Å². The molecule has 1 nitrogen and oxygen atoms in total. The second-order valence-corrected chi connectivity index (χ2v) is 6.47. The van der Waals surface area contributed by atoms with E-state index in [1.165, 1.54) is 21.6 Å². The molecule has 0 atom stereocenters. The van der Waals surface area contributed by atoms with Gasteiger partial charge in [0.15, 0.2) is 0 Å². The molecule has 0 unspecified atom stereocenters. The molecule has 104 valence electrons. The van der Waals surface area contributed by atoms with Crippen LogP contribution < -0.4 is 5.32 Å². The van der Waals surface area contributed by atoms with Gasteiger partial charge in [0, 0.05) is 15.7 Å². The van der Waals surface area contributed by atoms with Gasteiger partial charge in [0.05, 0.1) is 0 Å². The smallest absolute Gasteiger partial charge is 0.0449 e. The number of benzene rings is 2. The Morgan fingerprint density at radius 1 is 1.00 bits per heavy atom. The van der Waals surface area contributed by atoms with Gasteiger partial charge in [0.1, 0.15) is 0 Å². The zero-order valence-corrected chi connectivity index (χ0v) is 12.9. The van der Waals surface area contributed by atoms with E-state index < -0.39 is 0 Å². The predicted octanol–water partition coefficient (Wildman–Crippen LogP) is 4.32. The van der Waals surface area contributed by atoms with Crippen LogP contribution in [0.2, 0.25) is 5.02 Å². The first kappa shape index (κ1) is 14.0. The summed E-state index contributed by atoms with van der Waals surface area (Å²) in [6, 6.07) is 14.8. The number of nitrogens with one attached hydrogen (secondary N) is 1. The molecule has 0 aromatic heterocycles. The van der Waals surface area contributed by atoms with E-state index in [1.807, 2.05) is 11.8 Å². The van der Waals surface area contributed by atoms with Crippen LogP contribution in [-0.2, 0) is 18.6 Å². The number of hydrogen-bond acceptors (Lipinski definition) is 2. The molecule has 0 aliphatic carbocycles. The lowest BCUT2D eigenvalue weighted by atomic mass is 9.98. The number of thioether (sulfide) groups is 1. The summed E-state index contributed by atoms with van der Waals surface area (Å²) in [7, 11) is 0. The van der Waals surface area contributed by atoms with Gasteiger partial charge in [-0.3, -0.25) is 0 Å². The van der Waals surface area contributed by atoms with Crippen molar-refractivity contribution in [3.05, 3.63) is 64.2 Å². The first-order valence-electron chi connectivity index (χ1n) is 7.02. The van der Waals surface area contributed by atoms with Crippen molar-refractivity contribution in [2.24, 2.45) is 0 Å². The molecule has 0 radical (unpaired) electrons. The Kier molecular flexibility index (Phi) is 4.66. The standard InChI is InChI=1S/C17H18ClNS/c18-17-7-6-13-8-10-19-11-9-15(13)16(17)12-20-14-4-2-1-3-5-14/h1-7,19H,8-12H2. The Labute approximate surface area is 129 Å². The topological polar surface area (TPSA) is 12.0 Å². The highest BCUT2D eigenvalue weighted by Crippen LogP contribution is 2.31. The Morgan fingerprint density at radius 3 is 2.65 bits per heavy atom. The average Bonchev–Trinajstić information content (AvgIpc) is 2.73. The molecule has 2 aromatic rings. The minimum absolute atomic E-state index is 0.911. The fraction of sp³-hybridized carbons (Fsp3) is 0.294. The Balaban J connectivity index is 1.85. The number of fused-ring (bicyclic) bond motifs is 1. The molecule has 20 heavy (non-hydrogen) atoms. The molecule has 0 spiro atoms. The van der Waals surface area contributed by atoms with Crippen LogP contribution in [0.3, 0.4) is 0 Å². The maximum Gasteiger partial charge on any atom is 0.0449 e. The monoisotopic (exact) mass is 303 g/mol. The summed E-state index contributed by atoms with van der Waals surface area (Å²) >= 11 is 8.31. The van der Waals surface area contributed by atoms with Gasteiger partial charge in [0.25, 0.3) is 0 Å². The molecule has 1 aliphatic rings. The van der Waals surface area contributed by atoms with Crippen LogP contribution in [0, 0.1) is 0 Å². The molecule has 1 heterocycles. The van der Waals surface area contributed by atoms with Gasteiger partial charge in [-0.1, -0.05) is 35.9 Å². The van der Waals surface area contributed by atoms with Crippen molar-refractivity contribution in [3.8, 4) is 0 Å². The van der Waals surface area contributed by atoms with Crippen molar-refractivity contribution >= 4 is 23.4 Å². The van der Waals surface area contributed by atoms with Crippen LogP contribution in [0.1, 0.15) is 16.7 Å². The molecule has 0 saturated heterocycles. The third kappa shape index (κ3) is 3.20. The van der Waals surface area contributed by atoms with Crippen LogP contribution >= 0.6 is 23.4 Å². The van der Waals surface area contributed by atoms with E-state index in [2.05, 4.69) is 47.8 Å². The normalized spacial score (nSPS) is 14.7. The molecule has 2 aromatic carbocycles. The van der Waals surface area contributed by atoms with Crippen molar-refractivity contribution in [2.75, 3.05) is 13.1 Å². The summed E-state index contributed by atoms with van der Waals surface area (Å²) in [5.41, 5.74) is 4.25. The van der Waals surface area contributed by atoms with Crippen LogP contribution in [0.25, 0.3) is 0 Å². The minimum atomic E-state index is 0.911. The summed E-state index contributed by atoms with van der Waals surface area (Å²) in [5, 5.41) is 4.38. The first-order valence-corrected chi connectivity index (χ1v) is 8.38. The zero-order chi connectivity index (χ0) is 13.8. The molecule has 3 heteroatoms. The van der Waals surface area contributed by atoms with E-state index in [1.54, 1.807) is 0 Å². The number of halogens is 1. The van der Waals surface area contributed by atoms with Gasteiger partial charge in [-0.05, 0) is 60.8 Å². The van der Waals surface area contributed by atoms with Crippen molar-refractivity contribution in [1.29, 1.82) is 0 Å². The summed E-state index contributed by atoms with van der Waals surface area (Å²) in [6.07, 6.45) is 2.19. The summed E-state index contributed by atoms with van der Waals surface area (Å²) < 4.78 is 0. The second-order valence-electron chi connectivity index (χ2n) is 5.02. The largest absolute Gasteiger partial charge is 0.316 e. The number of hydrogen-bond donors (Lipinski definition) is 1. The van der Waals surface area contributed by atoms with Crippen molar-refractivity contribution in [2.45, 2.75) is 23.5 Å². The van der Waals surface area contributed by atoms with Crippen LogP contribution in [-0.4, -0.2) is 13.1 Å². The Bertz CT molecular complexity index is 583. The number of rotatable bonds is 3. The maximum atomic E-state index is 6.45. The highest BCUT2D eigenvalue weighted by Gasteiger charge is 2.14. The fourth-order valence-corrected chi connectivity index (χ4v) is 3.96. The van der Waals surface area contributed by atoms with Gasteiger partial charge < -0.3 is 5.32 Å². The SMILES string of the molecule is Clc1ccc2c(c1CSc1ccccc1)CCNCC2. The van der Waals surface area contributed by atoms with Gasteiger partial charge in [-0.25, -0.2) is 0 Å². The fourth-order valence-electron chi connectivity index (χ4n) is 2.65. The van der Waals surface area contributed by atoms with E-state index in [4.69, 9.17) is 11.6 Å². The molecule has 0 fully saturated rings. The quantitative estimate of drug-likeness (QED) is 0.848. The van der Waals surface area contributed by atoms with Gasteiger partial charge in [0.2, 0.25) is 0 Å². The van der Waals surface area contributed by atoms with E-state index in [9.17, 15) is 0 Å². The summed E-state index contributed by atoms with van der Waals surface area (Å²) in [6.45, 7) is 2.12. The Hall–Kier alpha value is -0.960. The third-order valence-electron chi connectivity index (χ3n) is 3.72. The average molecular weight is 304 g/mol. The molecule has 0 saturated carbocycles. The van der Waals surface area contributed by atoms with Crippen LogP contribution in [0.5, 0.6) is 0 Å². The van der Waals surface area contributed by atoms with E-state index in [0.29, 0.717) is 0 Å². The summed E-state index contributed by atoms with van der Waals surface area (Å²) in [5.74, 6) is 0.950. The first-order chi connectivity index (χ1) is 9.84. The maximum absolute atomic E-state index is 6.45. The Morgan fingerprint density at radius 2 is 1.80 bits per heavy atom.